The minimum absolute atomic E-state index is 0.571. The Labute approximate surface area is 210 Å². The molecule has 0 saturated heterocycles. The van der Waals surface area contributed by atoms with E-state index in [2.05, 4.69) is 81.5 Å². The predicted molar refractivity (Wildman–Crippen MR) is 151 cm³/mol. The van der Waals surface area contributed by atoms with Gasteiger partial charge in [-0.3, -0.25) is 0 Å². The molecule has 34 heavy (non-hydrogen) atoms. The van der Waals surface area contributed by atoms with E-state index in [9.17, 15) is 0 Å². The Balaban J connectivity index is 1.13. The molecule has 0 fully saturated rings. The first-order valence-corrected chi connectivity index (χ1v) is 12.1. The zero-order valence-corrected chi connectivity index (χ0v) is 20.9. The van der Waals surface area contributed by atoms with E-state index in [0.717, 1.165) is 59.4 Å². The minimum atomic E-state index is 0.571. The molecule has 0 atom stereocenters. The van der Waals surface area contributed by atoms with Gasteiger partial charge in [0.2, 0.25) is 0 Å². The Morgan fingerprint density at radius 3 is 1.53 bits per heavy atom. The maximum Gasteiger partial charge on any atom is 0.171 e. The maximum atomic E-state index is 5.40. The van der Waals surface area contributed by atoms with E-state index in [4.69, 9.17) is 24.4 Å². The molecule has 0 aliphatic rings. The van der Waals surface area contributed by atoms with Crippen molar-refractivity contribution in [2.45, 2.75) is 26.7 Å². The lowest BCUT2D eigenvalue weighted by atomic mass is 10.1. The number of aromatic nitrogens is 2. The van der Waals surface area contributed by atoms with Gasteiger partial charge < -0.3 is 21.3 Å². The quantitative estimate of drug-likeness (QED) is 0.202. The van der Waals surface area contributed by atoms with Gasteiger partial charge >= 0.3 is 0 Å². The smallest absolute Gasteiger partial charge is 0.171 e. The standard InChI is InChI=1S/C26H28N6S2/c1-17-5-9-21-19(15-17)7-11-23(29-21)31-25(33)27-13-3-4-14-28-26(34)32-24-12-8-20-16-18(2)6-10-22(20)30-24/h5-12,15-16H,3-4,13-14H2,1-2H3,(H2,27,29,31,33)(H2,28,30,32,34). The van der Waals surface area contributed by atoms with Crippen LogP contribution in [-0.2, 0) is 0 Å². The van der Waals surface area contributed by atoms with Crippen LogP contribution >= 0.6 is 24.4 Å². The molecule has 8 heteroatoms. The number of rotatable bonds is 7. The highest BCUT2D eigenvalue weighted by atomic mass is 32.1. The third-order valence-electron chi connectivity index (χ3n) is 5.35. The highest BCUT2D eigenvalue weighted by Crippen LogP contribution is 2.17. The number of anilines is 2. The number of nitrogens with one attached hydrogen (secondary N) is 4. The normalized spacial score (nSPS) is 10.8. The number of fused-ring (bicyclic) bond motifs is 2. The number of pyridine rings is 2. The minimum Gasteiger partial charge on any atom is -0.362 e. The summed E-state index contributed by atoms with van der Waals surface area (Å²) in [6.45, 7) is 5.69. The molecule has 0 radical (unpaired) electrons. The molecule has 0 aliphatic carbocycles. The molecule has 0 amide bonds. The molecular formula is C26H28N6S2. The van der Waals surface area contributed by atoms with Crippen LogP contribution in [0.2, 0.25) is 0 Å². The van der Waals surface area contributed by atoms with Crippen molar-refractivity contribution >= 4 is 68.1 Å². The fourth-order valence-electron chi connectivity index (χ4n) is 3.60. The SMILES string of the molecule is Cc1ccc2nc(NC(=S)NCCCCNC(=S)Nc3ccc4cc(C)ccc4n3)ccc2c1. The number of benzene rings is 2. The van der Waals surface area contributed by atoms with Gasteiger partial charge in [0.15, 0.2) is 10.2 Å². The van der Waals surface area contributed by atoms with E-state index in [1.165, 1.54) is 11.1 Å². The average molecular weight is 489 g/mol. The number of aryl methyl sites for hydroxylation is 2. The van der Waals surface area contributed by atoms with Gasteiger partial charge in [0.05, 0.1) is 11.0 Å². The second kappa shape index (κ2) is 11.2. The Kier molecular flexibility index (Phi) is 7.82. The Hall–Kier alpha value is -3.36. The van der Waals surface area contributed by atoms with Crippen molar-refractivity contribution in [3.8, 4) is 0 Å². The van der Waals surface area contributed by atoms with Crippen LogP contribution in [0.15, 0.2) is 60.7 Å². The van der Waals surface area contributed by atoms with E-state index in [1.807, 2.05) is 24.3 Å². The topological polar surface area (TPSA) is 73.9 Å². The fourth-order valence-corrected chi connectivity index (χ4v) is 4.02. The van der Waals surface area contributed by atoms with Crippen LogP contribution in [0.1, 0.15) is 24.0 Å². The van der Waals surface area contributed by atoms with Crippen molar-refractivity contribution in [3.05, 3.63) is 71.8 Å². The van der Waals surface area contributed by atoms with Gasteiger partial charge in [-0.15, -0.1) is 0 Å². The molecule has 2 heterocycles. The summed E-state index contributed by atoms with van der Waals surface area (Å²) in [5, 5.41) is 16.2. The van der Waals surface area contributed by atoms with Crippen molar-refractivity contribution in [2.24, 2.45) is 0 Å². The summed E-state index contributed by atoms with van der Waals surface area (Å²) in [4.78, 5) is 9.23. The summed E-state index contributed by atoms with van der Waals surface area (Å²) in [5.41, 5.74) is 4.34. The van der Waals surface area contributed by atoms with E-state index in [1.54, 1.807) is 0 Å². The van der Waals surface area contributed by atoms with Crippen LogP contribution in [0, 0.1) is 13.8 Å². The molecule has 0 spiro atoms. The molecule has 4 rings (SSSR count). The molecule has 4 aromatic rings. The lowest BCUT2D eigenvalue weighted by Gasteiger charge is -2.12. The van der Waals surface area contributed by atoms with Gasteiger partial charge in [0, 0.05) is 23.9 Å². The molecule has 2 aromatic carbocycles. The molecule has 0 saturated carbocycles. The van der Waals surface area contributed by atoms with E-state index in [0.29, 0.717) is 10.2 Å². The number of hydrogen-bond donors (Lipinski definition) is 4. The molecular weight excluding hydrogens is 460 g/mol. The highest BCUT2D eigenvalue weighted by Gasteiger charge is 2.03. The molecule has 0 bridgehead atoms. The van der Waals surface area contributed by atoms with E-state index < -0.39 is 0 Å². The lowest BCUT2D eigenvalue weighted by molar-refractivity contribution is 0.694. The van der Waals surface area contributed by atoms with Crippen molar-refractivity contribution in [1.29, 1.82) is 0 Å². The molecule has 6 nitrogen and oxygen atoms in total. The first kappa shape index (κ1) is 23.8. The van der Waals surface area contributed by atoms with E-state index >= 15 is 0 Å². The summed E-state index contributed by atoms with van der Waals surface area (Å²) < 4.78 is 0. The largest absolute Gasteiger partial charge is 0.362 e. The van der Waals surface area contributed by atoms with Crippen LogP contribution in [0.5, 0.6) is 0 Å². The molecule has 4 N–H and O–H groups in total. The third-order valence-corrected chi connectivity index (χ3v) is 5.84. The predicted octanol–water partition coefficient (Wildman–Crippen LogP) is 5.45. The van der Waals surface area contributed by atoms with Crippen LogP contribution < -0.4 is 21.3 Å². The van der Waals surface area contributed by atoms with Crippen LogP contribution in [0.4, 0.5) is 11.6 Å². The van der Waals surface area contributed by atoms with Crippen molar-refractivity contribution in [3.63, 3.8) is 0 Å². The first-order valence-electron chi connectivity index (χ1n) is 11.3. The molecule has 0 unspecified atom stereocenters. The highest BCUT2D eigenvalue weighted by molar-refractivity contribution is 7.80. The fraction of sp³-hybridized carbons (Fsp3) is 0.231. The maximum absolute atomic E-state index is 5.40. The summed E-state index contributed by atoms with van der Waals surface area (Å²) in [6, 6.07) is 20.4. The van der Waals surface area contributed by atoms with Gasteiger partial charge in [-0.2, -0.15) is 0 Å². The Bertz CT molecular complexity index is 1230. The summed E-state index contributed by atoms with van der Waals surface area (Å²) in [7, 11) is 0. The number of nitrogens with zero attached hydrogens (tertiary/aromatic N) is 2. The summed E-state index contributed by atoms with van der Waals surface area (Å²) >= 11 is 10.8. The number of thiocarbonyl (C=S) groups is 2. The van der Waals surface area contributed by atoms with Gasteiger partial charge in [-0.1, -0.05) is 23.3 Å². The van der Waals surface area contributed by atoms with Crippen molar-refractivity contribution < 1.29 is 0 Å². The molecule has 174 valence electrons. The monoisotopic (exact) mass is 488 g/mol. The van der Waals surface area contributed by atoms with Crippen molar-refractivity contribution in [1.82, 2.24) is 20.6 Å². The number of unbranched alkanes of at least 4 members (excludes halogenated alkanes) is 1. The van der Waals surface area contributed by atoms with Crippen LogP contribution in [0.25, 0.3) is 21.8 Å². The first-order chi connectivity index (χ1) is 16.5. The summed E-state index contributed by atoms with van der Waals surface area (Å²) in [5.74, 6) is 1.48. The van der Waals surface area contributed by atoms with Gasteiger partial charge in [0.1, 0.15) is 11.6 Å². The lowest BCUT2D eigenvalue weighted by Crippen LogP contribution is -2.31. The van der Waals surface area contributed by atoms with E-state index in [-0.39, 0.29) is 0 Å². The van der Waals surface area contributed by atoms with Crippen LogP contribution in [-0.4, -0.2) is 33.3 Å². The molecule has 0 aliphatic heterocycles. The average Bonchev–Trinajstić information content (AvgIpc) is 2.81. The zero-order chi connectivity index (χ0) is 23.9. The van der Waals surface area contributed by atoms with Crippen LogP contribution in [0.3, 0.4) is 0 Å². The van der Waals surface area contributed by atoms with Gasteiger partial charge in [0.25, 0.3) is 0 Å². The van der Waals surface area contributed by atoms with Gasteiger partial charge in [-0.05, 0) is 99.7 Å². The Morgan fingerprint density at radius 1 is 0.647 bits per heavy atom. The van der Waals surface area contributed by atoms with Gasteiger partial charge in [-0.25, -0.2) is 9.97 Å². The molecule has 2 aromatic heterocycles. The summed E-state index contributed by atoms with van der Waals surface area (Å²) in [6.07, 6.45) is 1.91. The second-order valence-electron chi connectivity index (χ2n) is 8.25. The van der Waals surface area contributed by atoms with Crippen molar-refractivity contribution in [2.75, 3.05) is 23.7 Å². The Morgan fingerprint density at radius 2 is 1.09 bits per heavy atom. The second-order valence-corrected chi connectivity index (χ2v) is 9.07. The zero-order valence-electron chi connectivity index (χ0n) is 19.3. The number of hydrogen-bond acceptors (Lipinski definition) is 4. The third kappa shape index (κ3) is 6.59.